The molecule has 1 amide bonds. The van der Waals surface area contributed by atoms with Crippen molar-refractivity contribution in [3.05, 3.63) is 72.3 Å². The lowest BCUT2D eigenvalue weighted by Crippen LogP contribution is -2.46. The Hall–Kier alpha value is -3.35. The summed E-state index contributed by atoms with van der Waals surface area (Å²) in [5, 5.41) is 8.96. The third-order valence-corrected chi connectivity index (χ3v) is 4.58. The topological polar surface area (TPSA) is 93.1 Å². The fourth-order valence-electron chi connectivity index (χ4n) is 2.89. The molecule has 2 aromatic rings. The molecule has 0 radical (unpaired) electrons. The maximum absolute atomic E-state index is 12.6. The number of unbranched alkanes of at least 4 members (excludes halogenated alkanes) is 2. The van der Waals surface area contributed by atoms with Crippen LogP contribution in [0.25, 0.3) is 0 Å². The number of carbonyl (C=O) groups is 3. The van der Waals surface area contributed by atoms with Crippen molar-refractivity contribution in [3.8, 4) is 0 Å². The largest absolute Gasteiger partial charge is 0.481 e. The average Bonchev–Trinajstić information content (AvgIpc) is 2.83. The lowest BCUT2D eigenvalue weighted by molar-refractivity contribution is -0.151. The molecule has 1 atom stereocenters. The number of nitrogens with zero attached hydrogens (tertiary/aromatic N) is 1. The molecule has 1 N–H and O–H groups in total. The van der Waals surface area contributed by atoms with Gasteiger partial charge in [-0.25, -0.2) is 9.59 Å². The maximum Gasteiger partial charge on any atom is 0.410 e. The molecule has 0 fully saturated rings. The highest BCUT2D eigenvalue weighted by atomic mass is 16.6. The summed E-state index contributed by atoms with van der Waals surface area (Å²) in [6.45, 7) is 2.40. The minimum atomic E-state index is -1.04. The second kappa shape index (κ2) is 16.4. The van der Waals surface area contributed by atoms with Crippen LogP contribution in [0.2, 0.25) is 0 Å². The van der Waals surface area contributed by atoms with Gasteiger partial charge in [0, 0.05) is 13.0 Å². The molecule has 2 rings (SSSR count). The number of ether oxygens (including phenoxy) is 2. The summed E-state index contributed by atoms with van der Waals surface area (Å²) in [7, 11) is 1.23. The van der Waals surface area contributed by atoms with Crippen molar-refractivity contribution in [1.82, 2.24) is 4.90 Å². The van der Waals surface area contributed by atoms with Gasteiger partial charge >= 0.3 is 18.0 Å². The van der Waals surface area contributed by atoms with Crippen LogP contribution in [0.3, 0.4) is 0 Å². The molecule has 7 nitrogen and oxygen atoms in total. The fraction of sp³-hybridized carbons (Fsp3) is 0.400. The highest BCUT2D eigenvalue weighted by Crippen LogP contribution is 2.15. The minimum Gasteiger partial charge on any atom is -0.481 e. The van der Waals surface area contributed by atoms with Crippen LogP contribution in [0.5, 0.6) is 0 Å². The summed E-state index contributed by atoms with van der Waals surface area (Å²) in [6.07, 6.45) is 1.61. The number of carboxylic acids is 1. The SMILES string of the molecule is CCCCCN(C(=O)OC)C(CCC(=O)O)C(=O)OCc1ccccc1.c1ccccc1. The molecule has 32 heavy (non-hydrogen) atoms. The zero-order valence-electron chi connectivity index (χ0n) is 18.8. The number of benzene rings is 2. The summed E-state index contributed by atoms with van der Waals surface area (Å²) in [5.74, 6) is -1.67. The third kappa shape index (κ3) is 11.2. The average molecular weight is 444 g/mol. The van der Waals surface area contributed by atoms with E-state index in [9.17, 15) is 14.4 Å². The first-order valence-corrected chi connectivity index (χ1v) is 10.8. The van der Waals surface area contributed by atoms with Crippen molar-refractivity contribution in [2.75, 3.05) is 13.7 Å². The fourth-order valence-corrected chi connectivity index (χ4v) is 2.89. The summed E-state index contributed by atoms with van der Waals surface area (Å²) in [5.41, 5.74) is 0.813. The minimum absolute atomic E-state index is 0.0236. The van der Waals surface area contributed by atoms with E-state index in [0.717, 1.165) is 18.4 Å². The molecular formula is C25H33NO6. The molecule has 0 spiro atoms. The number of hydrogen-bond acceptors (Lipinski definition) is 5. The predicted octanol–water partition coefficient (Wildman–Crippen LogP) is 4.91. The van der Waals surface area contributed by atoms with E-state index < -0.39 is 24.1 Å². The molecule has 0 aliphatic carbocycles. The lowest BCUT2D eigenvalue weighted by atomic mass is 10.1. The Kier molecular flexibility index (Phi) is 13.6. The predicted molar refractivity (Wildman–Crippen MR) is 122 cm³/mol. The smallest absolute Gasteiger partial charge is 0.410 e. The van der Waals surface area contributed by atoms with E-state index in [1.165, 1.54) is 12.0 Å². The summed E-state index contributed by atoms with van der Waals surface area (Å²) in [4.78, 5) is 36.9. The first kappa shape index (κ1) is 26.7. The Morgan fingerprint density at radius 1 is 0.938 bits per heavy atom. The van der Waals surface area contributed by atoms with Crippen molar-refractivity contribution in [2.24, 2.45) is 0 Å². The second-order valence-corrected chi connectivity index (χ2v) is 7.07. The molecule has 0 heterocycles. The van der Waals surface area contributed by atoms with Crippen molar-refractivity contribution in [3.63, 3.8) is 0 Å². The molecule has 0 aromatic heterocycles. The quantitative estimate of drug-likeness (QED) is 0.392. The van der Waals surface area contributed by atoms with Crippen molar-refractivity contribution >= 4 is 18.0 Å². The number of amides is 1. The van der Waals surface area contributed by atoms with Gasteiger partial charge in [0.15, 0.2) is 0 Å². The van der Waals surface area contributed by atoms with Gasteiger partial charge in [0.25, 0.3) is 0 Å². The first-order chi connectivity index (χ1) is 15.5. The summed E-state index contributed by atoms with van der Waals surface area (Å²) >= 11 is 0. The van der Waals surface area contributed by atoms with E-state index in [1.807, 2.05) is 73.7 Å². The normalized spacial score (nSPS) is 10.8. The Balaban J connectivity index is 0.000000730. The second-order valence-electron chi connectivity index (χ2n) is 7.07. The Labute approximate surface area is 190 Å². The molecule has 0 saturated heterocycles. The summed E-state index contributed by atoms with van der Waals surface area (Å²) in [6, 6.07) is 20.2. The van der Waals surface area contributed by atoms with Gasteiger partial charge in [-0.3, -0.25) is 9.69 Å². The molecule has 2 aromatic carbocycles. The lowest BCUT2D eigenvalue weighted by Gasteiger charge is -2.29. The Morgan fingerprint density at radius 3 is 2.00 bits per heavy atom. The van der Waals surface area contributed by atoms with Gasteiger partial charge in [-0.2, -0.15) is 0 Å². The number of methoxy groups -OCH3 is 1. The van der Waals surface area contributed by atoms with E-state index in [4.69, 9.17) is 14.6 Å². The monoisotopic (exact) mass is 443 g/mol. The van der Waals surface area contributed by atoms with Crippen LogP contribution < -0.4 is 0 Å². The number of esters is 1. The van der Waals surface area contributed by atoms with Gasteiger partial charge in [0.2, 0.25) is 0 Å². The van der Waals surface area contributed by atoms with Gasteiger partial charge in [-0.15, -0.1) is 0 Å². The van der Waals surface area contributed by atoms with E-state index >= 15 is 0 Å². The van der Waals surface area contributed by atoms with Crippen LogP contribution in [0.1, 0.15) is 44.6 Å². The van der Waals surface area contributed by atoms with E-state index in [0.29, 0.717) is 13.0 Å². The Bertz CT molecular complexity index is 755. The van der Waals surface area contributed by atoms with Gasteiger partial charge in [0.1, 0.15) is 12.6 Å². The zero-order valence-corrected chi connectivity index (χ0v) is 18.8. The third-order valence-electron chi connectivity index (χ3n) is 4.58. The van der Waals surface area contributed by atoms with Crippen molar-refractivity contribution < 1.29 is 29.0 Å². The highest BCUT2D eigenvalue weighted by Gasteiger charge is 2.32. The zero-order chi connectivity index (χ0) is 23.6. The van der Waals surface area contributed by atoms with Crippen LogP contribution >= 0.6 is 0 Å². The number of aliphatic carboxylic acids is 1. The first-order valence-electron chi connectivity index (χ1n) is 10.8. The van der Waals surface area contributed by atoms with Crippen LogP contribution in [-0.2, 0) is 25.7 Å². The molecule has 7 heteroatoms. The van der Waals surface area contributed by atoms with Crippen LogP contribution in [-0.4, -0.2) is 47.7 Å². The molecule has 0 bridgehead atoms. The molecule has 0 aliphatic rings. The number of rotatable bonds is 11. The van der Waals surface area contributed by atoms with Crippen LogP contribution in [0, 0.1) is 0 Å². The molecule has 0 aliphatic heterocycles. The number of carbonyl (C=O) groups excluding carboxylic acids is 2. The number of hydrogen-bond donors (Lipinski definition) is 1. The molecule has 0 saturated carbocycles. The van der Waals surface area contributed by atoms with Gasteiger partial charge in [-0.1, -0.05) is 86.5 Å². The van der Waals surface area contributed by atoms with Crippen molar-refractivity contribution in [2.45, 2.75) is 51.7 Å². The van der Waals surface area contributed by atoms with E-state index in [1.54, 1.807) is 0 Å². The van der Waals surface area contributed by atoms with Crippen LogP contribution in [0.4, 0.5) is 4.79 Å². The number of carboxylic acid groups (broad SMARTS) is 1. The summed E-state index contributed by atoms with van der Waals surface area (Å²) < 4.78 is 10.1. The highest BCUT2D eigenvalue weighted by molar-refractivity contribution is 5.82. The molecule has 174 valence electrons. The maximum atomic E-state index is 12.6. The Morgan fingerprint density at radius 2 is 1.50 bits per heavy atom. The molecule has 1 unspecified atom stereocenters. The van der Waals surface area contributed by atoms with Gasteiger partial charge < -0.3 is 14.6 Å². The van der Waals surface area contributed by atoms with Gasteiger partial charge in [0.05, 0.1) is 7.11 Å². The van der Waals surface area contributed by atoms with Crippen LogP contribution in [0.15, 0.2) is 66.7 Å². The molecular weight excluding hydrogens is 410 g/mol. The van der Waals surface area contributed by atoms with E-state index in [2.05, 4.69) is 0 Å². The van der Waals surface area contributed by atoms with Crippen molar-refractivity contribution in [1.29, 1.82) is 0 Å². The van der Waals surface area contributed by atoms with Gasteiger partial charge in [-0.05, 0) is 18.4 Å². The van der Waals surface area contributed by atoms with E-state index in [-0.39, 0.29) is 19.4 Å². The standard InChI is InChI=1S/C19H27NO6.C6H6/c1-3-4-8-13-20(19(24)25-2)16(11-12-17(21)22)18(23)26-14-15-9-6-5-7-10-15;1-2-4-6-5-3-1/h5-7,9-10,16H,3-4,8,11-14H2,1-2H3,(H,21,22);1-6H.